The number of carbonyl (C=O) groups is 1. The first kappa shape index (κ1) is 13.1. The molecule has 1 N–H and O–H groups in total. The summed E-state index contributed by atoms with van der Waals surface area (Å²) in [4.78, 5) is 23.6. The predicted octanol–water partition coefficient (Wildman–Crippen LogP) is 1.50. The van der Waals surface area contributed by atoms with E-state index in [1.54, 1.807) is 6.92 Å². The van der Waals surface area contributed by atoms with Gasteiger partial charge in [0.15, 0.2) is 0 Å². The Morgan fingerprint density at radius 3 is 2.63 bits per heavy atom. The van der Waals surface area contributed by atoms with E-state index in [4.69, 9.17) is 0 Å². The monoisotopic (exact) mass is 260 g/mol. The van der Waals surface area contributed by atoms with Crippen LogP contribution in [0.15, 0.2) is 29.1 Å². The Kier molecular flexibility index (Phi) is 3.55. The summed E-state index contributed by atoms with van der Waals surface area (Å²) in [5.41, 5.74) is 2.67. The van der Waals surface area contributed by atoms with Crippen LogP contribution in [-0.2, 0) is 16.0 Å². The number of H-pyrrole nitrogens is 1. The first-order chi connectivity index (χ1) is 9.04. The number of benzene rings is 1. The Morgan fingerprint density at radius 2 is 2.00 bits per heavy atom. The lowest BCUT2D eigenvalue weighted by molar-refractivity contribution is -0.139. The minimum atomic E-state index is -0.420. The number of nitrogens with zero attached hydrogens (tertiary/aromatic N) is 1. The minimum Gasteiger partial charge on any atom is -0.469 e. The lowest BCUT2D eigenvalue weighted by Crippen LogP contribution is -2.20. The van der Waals surface area contributed by atoms with E-state index < -0.39 is 5.97 Å². The fourth-order valence-electron chi connectivity index (χ4n) is 1.99. The highest BCUT2D eigenvalue weighted by molar-refractivity contribution is 5.72. The summed E-state index contributed by atoms with van der Waals surface area (Å²) < 4.78 is 6.06. The van der Waals surface area contributed by atoms with Crippen LogP contribution in [0.2, 0.25) is 0 Å². The van der Waals surface area contributed by atoms with Gasteiger partial charge in [-0.05, 0) is 25.5 Å². The molecule has 0 radical (unpaired) electrons. The van der Waals surface area contributed by atoms with Crippen molar-refractivity contribution in [3.63, 3.8) is 0 Å². The van der Waals surface area contributed by atoms with Gasteiger partial charge in [0.1, 0.15) is 0 Å². The van der Waals surface area contributed by atoms with Crippen LogP contribution in [0.1, 0.15) is 16.8 Å². The van der Waals surface area contributed by atoms with Crippen molar-refractivity contribution in [2.75, 3.05) is 7.11 Å². The number of aromatic nitrogens is 2. The molecule has 0 saturated heterocycles. The number of para-hydroxylation sites is 1. The van der Waals surface area contributed by atoms with Crippen molar-refractivity contribution in [1.82, 2.24) is 9.78 Å². The van der Waals surface area contributed by atoms with E-state index in [0.717, 1.165) is 11.3 Å². The zero-order valence-corrected chi connectivity index (χ0v) is 11.2. The molecule has 0 aliphatic heterocycles. The van der Waals surface area contributed by atoms with E-state index in [1.807, 2.05) is 31.2 Å². The molecular formula is C14H16N2O3. The zero-order valence-electron chi connectivity index (χ0n) is 11.2. The van der Waals surface area contributed by atoms with Crippen LogP contribution in [0.5, 0.6) is 0 Å². The number of aryl methyl sites for hydroxylation is 2. The standard InChI is InChI=1S/C14H16N2O3/c1-9-6-4-5-7-12(9)16-14(18)11(10(2)15-16)8-13(17)19-3/h4-7,15H,8H2,1-3H3. The number of hydrogen-bond acceptors (Lipinski definition) is 3. The molecule has 0 aliphatic rings. The fourth-order valence-corrected chi connectivity index (χ4v) is 1.99. The van der Waals surface area contributed by atoms with Crippen molar-refractivity contribution in [3.05, 3.63) is 51.4 Å². The topological polar surface area (TPSA) is 64.1 Å². The summed E-state index contributed by atoms with van der Waals surface area (Å²) in [5, 5.41) is 3.00. The van der Waals surface area contributed by atoms with Gasteiger partial charge in [0.2, 0.25) is 0 Å². The van der Waals surface area contributed by atoms with Gasteiger partial charge in [0.05, 0.1) is 24.8 Å². The zero-order chi connectivity index (χ0) is 14.0. The van der Waals surface area contributed by atoms with Gasteiger partial charge in [-0.2, -0.15) is 0 Å². The fraction of sp³-hybridized carbons (Fsp3) is 0.286. The molecule has 0 atom stereocenters. The smallest absolute Gasteiger partial charge is 0.310 e. The number of carbonyl (C=O) groups excluding carboxylic acids is 1. The number of esters is 1. The van der Waals surface area contributed by atoms with Gasteiger partial charge in [0, 0.05) is 5.69 Å². The summed E-state index contributed by atoms with van der Waals surface area (Å²) in [6.07, 6.45) is -0.0173. The third-order valence-corrected chi connectivity index (χ3v) is 3.10. The van der Waals surface area contributed by atoms with Crippen LogP contribution in [0.25, 0.3) is 5.69 Å². The van der Waals surface area contributed by atoms with Gasteiger partial charge in [0.25, 0.3) is 5.56 Å². The molecule has 0 fully saturated rings. The average Bonchev–Trinajstić information content (AvgIpc) is 2.67. The Morgan fingerprint density at radius 1 is 1.32 bits per heavy atom. The number of methoxy groups -OCH3 is 1. The van der Waals surface area contributed by atoms with E-state index >= 15 is 0 Å². The van der Waals surface area contributed by atoms with Gasteiger partial charge in [-0.15, -0.1) is 0 Å². The van der Waals surface area contributed by atoms with E-state index in [1.165, 1.54) is 11.8 Å². The van der Waals surface area contributed by atoms with Crippen molar-refractivity contribution in [2.24, 2.45) is 0 Å². The molecule has 0 spiro atoms. The minimum absolute atomic E-state index is 0.0173. The summed E-state index contributed by atoms with van der Waals surface area (Å²) in [7, 11) is 1.31. The molecule has 0 aliphatic carbocycles. The van der Waals surface area contributed by atoms with Crippen molar-refractivity contribution < 1.29 is 9.53 Å². The summed E-state index contributed by atoms with van der Waals surface area (Å²) in [6, 6.07) is 7.56. The Hall–Kier alpha value is -2.30. The second kappa shape index (κ2) is 5.14. The molecule has 0 amide bonds. The molecule has 2 rings (SSSR count). The summed E-state index contributed by atoms with van der Waals surface area (Å²) in [5.74, 6) is -0.420. The first-order valence-corrected chi connectivity index (χ1v) is 5.98. The van der Waals surface area contributed by atoms with Crippen LogP contribution in [-0.4, -0.2) is 22.9 Å². The number of ether oxygens (including phenoxy) is 1. The molecule has 1 heterocycles. The Balaban J connectivity index is 2.51. The SMILES string of the molecule is COC(=O)Cc1c(C)[nH]n(-c2ccccc2C)c1=O. The third-order valence-electron chi connectivity index (χ3n) is 3.10. The van der Waals surface area contributed by atoms with E-state index in [9.17, 15) is 9.59 Å². The van der Waals surface area contributed by atoms with Crippen LogP contribution in [0, 0.1) is 13.8 Å². The molecular weight excluding hydrogens is 244 g/mol. The molecule has 1 aromatic heterocycles. The van der Waals surface area contributed by atoms with Crippen LogP contribution < -0.4 is 5.56 Å². The van der Waals surface area contributed by atoms with Gasteiger partial charge in [-0.25, -0.2) is 4.68 Å². The van der Waals surface area contributed by atoms with Gasteiger partial charge in [-0.3, -0.25) is 14.7 Å². The van der Waals surface area contributed by atoms with E-state index in [2.05, 4.69) is 9.84 Å². The number of aromatic amines is 1. The number of rotatable bonds is 3. The molecule has 19 heavy (non-hydrogen) atoms. The summed E-state index contributed by atoms with van der Waals surface area (Å²) >= 11 is 0. The molecule has 0 unspecified atom stereocenters. The van der Waals surface area contributed by atoms with Gasteiger partial charge >= 0.3 is 5.97 Å². The van der Waals surface area contributed by atoms with Crippen LogP contribution in [0.4, 0.5) is 0 Å². The second-order valence-electron chi connectivity index (χ2n) is 4.40. The molecule has 5 heteroatoms. The maximum absolute atomic E-state index is 12.3. The Labute approximate surface area is 110 Å². The lowest BCUT2D eigenvalue weighted by Gasteiger charge is -2.04. The van der Waals surface area contributed by atoms with Gasteiger partial charge in [-0.1, -0.05) is 18.2 Å². The van der Waals surface area contributed by atoms with Crippen LogP contribution >= 0.6 is 0 Å². The quantitative estimate of drug-likeness (QED) is 0.850. The van der Waals surface area contributed by atoms with E-state index in [0.29, 0.717) is 11.3 Å². The maximum atomic E-state index is 12.3. The molecule has 5 nitrogen and oxygen atoms in total. The van der Waals surface area contributed by atoms with E-state index in [-0.39, 0.29) is 12.0 Å². The highest BCUT2D eigenvalue weighted by atomic mass is 16.5. The average molecular weight is 260 g/mol. The summed E-state index contributed by atoms with van der Waals surface area (Å²) in [6.45, 7) is 3.70. The highest BCUT2D eigenvalue weighted by Gasteiger charge is 2.16. The molecule has 0 saturated carbocycles. The maximum Gasteiger partial charge on any atom is 0.310 e. The molecule has 2 aromatic rings. The predicted molar refractivity (Wildman–Crippen MR) is 71.6 cm³/mol. The number of hydrogen-bond donors (Lipinski definition) is 1. The van der Waals surface area contributed by atoms with Crippen molar-refractivity contribution in [1.29, 1.82) is 0 Å². The van der Waals surface area contributed by atoms with Crippen molar-refractivity contribution in [2.45, 2.75) is 20.3 Å². The Bertz CT molecular complexity index is 668. The first-order valence-electron chi connectivity index (χ1n) is 5.98. The number of nitrogens with one attached hydrogen (secondary N) is 1. The molecule has 100 valence electrons. The highest BCUT2D eigenvalue weighted by Crippen LogP contribution is 2.12. The molecule has 0 bridgehead atoms. The second-order valence-corrected chi connectivity index (χ2v) is 4.40. The lowest BCUT2D eigenvalue weighted by atomic mass is 10.2. The normalized spacial score (nSPS) is 10.5. The van der Waals surface area contributed by atoms with Gasteiger partial charge < -0.3 is 4.74 Å². The largest absolute Gasteiger partial charge is 0.469 e. The van der Waals surface area contributed by atoms with Crippen molar-refractivity contribution in [3.8, 4) is 5.69 Å². The van der Waals surface area contributed by atoms with Crippen molar-refractivity contribution >= 4 is 5.97 Å². The van der Waals surface area contributed by atoms with Crippen LogP contribution in [0.3, 0.4) is 0 Å². The molecule has 1 aromatic carbocycles. The third kappa shape index (κ3) is 2.45.